The summed E-state index contributed by atoms with van der Waals surface area (Å²) in [7, 11) is 0. The van der Waals surface area contributed by atoms with Crippen LogP contribution < -0.4 is 5.32 Å². The van der Waals surface area contributed by atoms with E-state index in [9.17, 15) is 4.79 Å². The Hall–Kier alpha value is -2.78. The minimum Gasteiger partial charge on any atom is -0.301 e. The first kappa shape index (κ1) is 17.6. The molecule has 1 amide bonds. The number of tetrazole rings is 1. The van der Waals surface area contributed by atoms with Gasteiger partial charge in [0.2, 0.25) is 11.1 Å². The van der Waals surface area contributed by atoms with Crippen LogP contribution in [0.5, 0.6) is 0 Å². The van der Waals surface area contributed by atoms with Gasteiger partial charge in [0.05, 0.1) is 21.2 Å². The zero-order valence-electron chi connectivity index (χ0n) is 14.4. The Bertz CT molecular complexity index is 1030. The molecule has 0 saturated heterocycles. The van der Waals surface area contributed by atoms with E-state index >= 15 is 0 Å². The highest BCUT2D eigenvalue weighted by Crippen LogP contribution is 2.29. The minimum absolute atomic E-state index is 0.107. The molecule has 0 fully saturated rings. The van der Waals surface area contributed by atoms with E-state index in [1.165, 1.54) is 23.1 Å². The first-order valence-electron chi connectivity index (χ1n) is 8.41. The number of hydrogen-bond acceptors (Lipinski definition) is 7. The van der Waals surface area contributed by atoms with E-state index in [4.69, 9.17) is 0 Å². The van der Waals surface area contributed by atoms with Crippen molar-refractivity contribution >= 4 is 44.4 Å². The van der Waals surface area contributed by atoms with Crippen molar-refractivity contribution in [2.45, 2.75) is 23.8 Å². The van der Waals surface area contributed by atoms with Crippen LogP contribution in [0, 0.1) is 0 Å². The molecule has 1 atom stereocenters. The van der Waals surface area contributed by atoms with E-state index < -0.39 is 0 Å². The second kappa shape index (κ2) is 7.85. The maximum atomic E-state index is 12.8. The van der Waals surface area contributed by atoms with E-state index in [1.807, 2.05) is 61.5 Å². The molecule has 1 N–H and O–H groups in total. The molecular weight excluding hydrogens is 380 g/mol. The second-order valence-corrected chi connectivity index (χ2v) is 7.90. The van der Waals surface area contributed by atoms with Gasteiger partial charge in [-0.05, 0) is 41.1 Å². The summed E-state index contributed by atoms with van der Waals surface area (Å²) < 4.78 is 2.68. The lowest BCUT2D eigenvalue weighted by Gasteiger charge is -2.12. The van der Waals surface area contributed by atoms with Crippen LogP contribution in [0.3, 0.4) is 0 Å². The van der Waals surface area contributed by atoms with E-state index in [2.05, 4.69) is 25.8 Å². The van der Waals surface area contributed by atoms with Gasteiger partial charge in [0.1, 0.15) is 0 Å². The number of thiazole rings is 1. The lowest BCUT2D eigenvalue weighted by atomic mass is 10.3. The van der Waals surface area contributed by atoms with Gasteiger partial charge < -0.3 is 5.32 Å². The number of fused-ring (bicyclic) bond motifs is 1. The van der Waals surface area contributed by atoms with Gasteiger partial charge in [0.15, 0.2) is 5.13 Å². The largest absolute Gasteiger partial charge is 0.301 e. The van der Waals surface area contributed by atoms with Crippen molar-refractivity contribution in [2.24, 2.45) is 0 Å². The third kappa shape index (κ3) is 3.83. The number of nitrogens with zero attached hydrogens (tertiary/aromatic N) is 5. The van der Waals surface area contributed by atoms with Crippen molar-refractivity contribution < 1.29 is 4.79 Å². The lowest BCUT2D eigenvalue weighted by molar-refractivity contribution is -0.115. The quantitative estimate of drug-likeness (QED) is 0.499. The van der Waals surface area contributed by atoms with Crippen molar-refractivity contribution in [1.29, 1.82) is 0 Å². The molecule has 0 aliphatic heterocycles. The number of benzene rings is 2. The molecule has 4 rings (SSSR count). The topological polar surface area (TPSA) is 85.6 Å². The van der Waals surface area contributed by atoms with Crippen molar-refractivity contribution in [2.75, 3.05) is 5.32 Å². The van der Waals surface area contributed by atoms with Crippen LogP contribution in [0.25, 0.3) is 15.9 Å². The van der Waals surface area contributed by atoms with Gasteiger partial charge in [0, 0.05) is 0 Å². The molecule has 136 valence electrons. The molecule has 0 unspecified atom stereocenters. The summed E-state index contributed by atoms with van der Waals surface area (Å²) in [5.74, 6) is -0.107. The zero-order chi connectivity index (χ0) is 18.6. The maximum absolute atomic E-state index is 12.8. The highest BCUT2D eigenvalue weighted by atomic mass is 32.2. The molecule has 2 heterocycles. The molecule has 0 aliphatic carbocycles. The van der Waals surface area contributed by atoms with Crippen LogP contribution in [-0.4, -0.2) is 36.3 Å². The van der Waals surface area contributed by atoms with E-state index in [1.54, 1.807) is 4.68 Å². The molecule has 0 aliphatic rings. The number of amides is 1. The van der Waals surface area contributed by atoms with Crippen LogP contribution >= 0.6 is 23.1 Å². The lowest BCUT2D eigenvalue weighted by Crippen LogP contribution is -2.25. The maximum Gasteiger partial charge on any atom is 0.239 e. The van der Waals surface area contributed by atoms with Gasteiger partial charge >= 0.3 is 0 Å². The fourth-order valence-electron chi connectivity index (χ4n) is 2.54. The fraction of sp³-hybridized carbons (Fsp3) is 0.167. The van der Waals surface area contributed by atoms with Crippen molar-refractivity contribution in [3.8, 4) is 5.69 Å². The molecular formula is C18H16N6OS2. The van der Waals surface area contributed by atoms with Crippen LogP contribution in [0.4, 0.5) is 5.13 Å². The third-order valence-corrected chi connectivity index (χ3v) is 6.13. The normalized spacial score (nSPS) is 12.2. The summed E-state index contributed by atoms with van der Waals surface area (Å²) in [5, 5.41) is 15.6. The molecule has 9 heteroatoms. The Balaban J connectivity index is 1.51. The Kier molecular flexibility index (Phi) is 5.12. The van der Waals surface area contributed by atoms with Crippen LogP contribution in [-0.2, 0) is 4.79 Å². The van der Waals surface area contributed by atoms with E-state index in [0.717, 1.165) is 15.9 Å². The van der Waals surface area contributed by atoms with Gasteiger partial charge in [-0.25, -0.2) is 4.98 Å². The predicted octanol–water partition coefficient (Wildman–Crippen LogP) is 3.78. The Morgan fingerprint density at radius 3 is 2.74 bits per heavy atom. The zero-order valence-corrected chi connectivity index (χ0v) is 16.1. The number of nitrogens with one attached hydrogen (secondary N) is 1. The number of para-hydroxylation sites is 2. The summed E-state index contributed by atoms with van der Waals surface area (Å²) in [6.45, 7) is 1.96. The van der Waals surface area contributed by atoms with Crippen LogP contribution in [0.2, 0.25) is 0 Å². The van der Waals surface area contributed by atoms with Crippen LogP contribution in [0.15, 0.2) is 59.8 Å². The van der Waals surface area contributed by atoms with Crippen molar-refractivity contribution in [3.05, 3.63) is 54.6 Å². The number of carbonyl (C=O) groups is 1. The molecule has 0 saturated carbocycles. The van der Waals surface area contributed by atoms with Gasteiger partial charge in [-0.3, -0.25) is 4.79 Å². The highest BCUT2D eigenvalue weighted by molar-refractivity contribution is 8.00. The minimum atomic E-state index is -0.328. The molecule has 7 nitrogen and oxygen atoms in total. The average Bonchev–Trinajstić information content (AvgIpc) is 3.32. The predicted molar refractivity (Wildman–Crippen MR) is 107 cm³/mol. The molecule has 2 aromatic carbocycles. The van der Waals surface area contributed by atoms with Gasteiger partial charge in [-0.2, -0.15) is 4.68 Å². The first-order chi connectivity index (χ1) is 13.2. The standard InChI is InChI=1S/C18H16N6OS2/c1-2-14(16(25)20-17-19-13-10-6-7-11-15(13)26-17)27-18-21-22-23-24(18)12-8-4-3-5-9-12/h3-11,14H,2H2,1H3,(H,19,20,25)/t14-/m0/s1. The highest BCUT2D eigenvalue weighted by Gasteiger charge is 2.23. The number of hydrogen-bond donors (Lipinski definition) is 1. The SMILES string of the molecule is CC[C@H](Sc1nnnn1-c1ccccc1)C(=O)Nc1nc2ccccc2s1. The number of thioether (sulfide) groups is 1. The molecule has 0 bridgehead atoms. The smallest absolute Gasteiger partial charge is 0.239 e. The van der Waals surface area contributed by atoms with Gasteiger partial charge in [-0.15, -0.1) is 5.10 Å². The van der Waals surface area contributed by atoms with Crippen molar-refractivity contribution in [3.63, 3.8) is 0 Å². The van der Waals surface area contributed by atoms with E-state index in [0.29, 0.717) is 16.7 Å². The molecule has 2 aromatic heterocycles. The fourth-order valence-corrected chi connectivity index (χ4v) is 4.33. The van der Waals surface area contributed by atoms with Crippen LogP contribution in [0.1, 0.15) is 13.3 Å². The third-order valence-electron chi connectivity index (χ3n) is 3.88. The number of anilines is 1. The molecule has 0 spiro atoms. The van der Waals surface area contributed by atoms with Crippen molar-refractivity contribution in [1.82, 2.24) is 25.2 Å². The summed E-state index contributed by atoms with van der Waals surface area (Å²) in [5.41, 5.74) is 1.73. The van der Waals surface area contributed by atoms with Gasteiger partial charge in [-0.1, -0.05) is 60.4 Å². The number of aromatic nitrogens is 5. The number of carbonyl (C=O) groups excluding carboxylic acids is 1. The summed E-state index contributed by atoms with van der Waals surface area (Å²) in [6.07, 6.45) is 0.642. The Morgan fingerprint density at radius 1 is 1.19 bits per heavy atom. The molecule has 27 heavy (non-hydrogen) atoms. The Labute approximate surface area is 163 Å². The van der Waals surface area contributed by atoms with E-state index in [-0.39, 0.29) is 11.2 Å². The number of rotatable bonds is 6. The average molecular weight is 397 g/mol. The van der Waals surface area contributed by atoms with Gasteiger partial charge in [0.25, 0.3) is 0 Å². The molecule has 0 radical (unpaired) electrons. The summed E-state index contributed by atoms with van der Waals surface area (Å²) in [6, 6.07) is 17.4. The second-order valence-electron chi connectivity index (χ2n) is 5.70. The monoisotopic (exact) mass is 396 g/mol. The Morgan fingerprint density at radius 2 is 1.96 bits per heavy atom. The first-order valence-corrected chi connectivity index (χ1v) is 10.1. The molecule has 4 aromatic rings. The summed E-state index contributed by atoms with van der Waals surface area (Å²) >= 11 is 2.81. The summed E-state index contributed by atoms with van der Waals surface area (Å²) in [4.78, 5) is 17.2.